The van der Waals surface area contributed by atoms with Gasteiger partial charge in [0.2, 0.25) is 5.91 Å². The molecule has 0 saturated heterocycles. The first-order valence-corrected chi connectivity index (χ1v) is 13.0. The molecule has 1 unspecified atom stereocenters. The summed E-state index contributed by atoms with van der Waals surface area (Å²) in [5, 5.41) is 2.83. The van der Waals surface area contributed by atoms with E-state index in [1.165, 1.54) is 12.0 Å². The van der Waals surface area contributed by atoms with E-state index in [4.69, 9.17) is 17.6 Å². The molecule has 1 aliphatic carbocycles. The highest BCUT2D eigenvalue weighted by Gasteiger charge is 2.35. The summed E-state index contributed by atoms with van der Waals surface area (Å²) >= 11 is 4.78. The van der Waals surface area contributed by atoms with Gasteiger partial charge >= 0.3 is 0 Å². The molecule has 2 aliphatic rings. The molecule has 5 rings (SSSR count). The third kappa shape index (κ3) is 4.80. The van der Waals surface area contributed by atoms with Crippen LogP contribution in [-0.4, -0.2) is 33.4 Å². The Labute approximate surface area is 211 Å². The minimum atomic E-state index is -0.594. The van der Waals surface area contributed by atoms with Gasteiger partial charge in [-0.05, 0) is 37.5 Å². The van der Waals surface area contributed by atoms with E-state index in [1.54, 1.807) is 9.47 Å². The first-order valence-electron chi connectivity index (χ1n) is 12.5. The Kier molecular flexibility index (Phi) is 7.07. The van der Waals surface area contributed by atoms with E-state index >= 15 is 0 Å². The van der Waals surface area contributed by atoms with Crippen molar-refractivity contribution in [3.05, 3.63) is 93.7 Å². The number of rotatable bonds is 7. The zero-order chi connectivity index (χ0) is 24.4. The SMILES string of the molecule is C[C@@H](NCCC(=O)N1CCc2nc(C3CCC3)n(-c3ccccc3)c(=O)c2C1S)c1ccccc1. The van der Waals surface area contributed by atoms with E-state index in [2.05, 4.69) is 24.4 Å². The van der Waals surface area contributed by atoms with Crippen molar-refractivity contribution in [2.45, 2.75) is 56.4 Å². The molecule has 1 aliphatic heterocycles. The van der Waals surface area contributed by atoms with Gasteiger partial charge < -0.3 is 10.2 Å². The molecule has 1 amide bonds. The molecule has 2 heterocycles. The summed E-state index contributed by atoms with van der Waals surface area (Å²) < 4.78 is 1.75. The van der Waals surface area contributed by atoms with Crippen LogP contribution in [0.4, 0.5) is 0 Å². The molecular weight excluding hydrogens is 456 g/mol. The van der Waals surface area contributed by atoms with Crippen LogP contribution in [0.3, 0.4) is 0 Å². The van der Waals surface area contributed by atoms with Gasteiger partial charge in [0, 0.05) is 37.9 Å². The van der Waals surface area contributed by atoms with Crippen LogP contribution in [0.2, 0.25) is 0 Å². The monoisotopic (exact) mass is 488 g/mol. The highest BCUT2D eigenvalue weighted by molar-refractivity contribution is 7.80. The fraction of sp³-hybridized carbons (Fsp3) is 0.393. The predicted molar refractivity (Wildman–Crippen MR) is 141 cm³/mol. The summed E-state index contributed by atoms with van der Waals surface area (Å²) in [4.78, 5) is 33.7. The largest absolute Gasteiger partial charge is 0.326 e. The zero-order valence-corrected chi connectivity index (χ0v) is 21.0. The van der Waals surface area contributed by atoms with Crippen molar-refractivity contribution in [1.82, 2.24) is 19.8 Å². The Morgan fingerprint density at radius 1 is 1.11 bits per heavy atom. The number of para-hydroxylation sites is 1. The van der Waals surface area contributed by atoms with Gasteiger partial charge in [0.25, 0.3) is 5.56 Å². The lowest BCUT2D eigenvalue weighted by Gasteiger charge is -2.36. The van der Waals surface area contributed by atoms with Gasteiger partial charge in [-0.2, -0.15) is 0 Å². The van der Waals surface area contributed by atoms with Crippen molar-refractivity contribution < 1.29 is 4.79 Å². The molecule has 1 fully saturated rings. The maximum absolute atomic E-state index is 13.8. The van der Waals surface area contributed by atoms with Crippen molar-refractivity contribution in [3.63, 3.8) is 0 Å². The number of carbonyl (C=O) groups excluding carboxylic acids is 1. The normalized spacial score (nSPS) is 18.6. The average Bonchev–Trinajstić information content (AvgIpc) is 2.84. The Balaban J connectivity index is 1.36. The number of amides is 1. The molecule has 0 spiro atoms. The maximum atomic E-state index is 13.8. The molecule has 2 atom stereocenters. The van der Waals surface area contributed by atoms with E-state index in [0.717, 1.165) is 30.0 Å². The third-order valence-electron chi connectivity index (χ3n) is 7.26. The smallest absolute Gasteiger partial charge is 0.264 e. The molecule has 1 saturated carbocycles. The number of fused-ring (bicyclic) bond motifs is 1. The third-order valence-corrected chi connectivity index (χ3v) is 7.80. The number of benzene rings is 2. The number of hydrogen-bond acceptors (Lipinski definition) is 5. The number of carbonyl (C=O) groups is 1. The summed E-state index contributed by atoms with van der Waals surface area (Å²) in [6, 6.07) is 20.0. The van der Waals surface area contributed by atoms with Crippen molar-refractivity contribution in [3.8, 4) is 5.69 Å². The Morgan fingerprint density at radius 3 is 2.46 bits per heavy atom. The van der Waals surface area contributed by atoms with Gasteiger partial charge in [0.05, 0.1) is 16.9 Å². The molecule has 2 aromatic carbocycles. The fourth-order valence-electron chi connectivity index (χ4n) is 4.98. The van der Waals surface area contributed by atoms with Gasteiger partial charge in [-0.3, -0.25) is 14.2 Å². The van der Waals surface area contributed by atoms with Crippen LogP contribution in [-0.2, 0) is 11.2 Å². The second-order valence-corrected chi connectivity index (χ2v) is 9.97. The predicted octanol–water partition coefficient (Wildman–Crippen LogP) is 4.55. The highest BCUT2D eigenvalue weighted by Crippen LogP contribution is 2.38. The van der Waals surface area contributed by atoms with Crippen molar-refractivity contribution in [1.29, 1.82) is 0 Å². The topological polar surface area (TPSA) is 67.2 Å². The minimum absolute atomic E-state index is 0.00265. The van der Waals surface area contributed by atoms with Gasteiger partial charge in [0.15, 0.2) is 0 Å². The van der Waals surface area contributed by atoms with Gasteiger partial charge in [-0.25, -0.2) is 4.98 Å². The van der Waals surface area contributed by atoms with Crippen LogP contribution < -0.4 is 10.9 Å². The number of aromatic nitrogens is 2. The van der Waals surface area contributed by atoms with Crippen LogP contribution in [0.25, 0.3) is 5.69 Å². The van der Waals surface area contributed by atoms with Crippen molar-refractivity contribution in [2.75, 3.05) is 13.1 Å². The van der Waals surface area contributed by atoms with E-state index in [-0.39, 0.29) is 17.5 Å². The van der Waals surface area contributed by atoms with E-state index in [1.807, 2.05) is 48.5 Å². The van der Waals surface area contributed by atoms with E-state index < -0.39 is 5.37 Å². The van der Waals surface area contributed by atoms with Crippen molar-refractivity contribution in [2.24, 2.45) is 0 Å². The molecule has 182 valence electrons. The van der Waals surface area contributed by atoms with Crippen LogP contribution >= 0.6 is 12.6 Å². The van der Waals surface area contributed by atoms with Crippen LogP contribution in [0.15, 0.2) is 65.5 Å². The molecule has 1 N–H and O–H groups in total. The molecule has 35 heavy (non-hydrogen) atoms. The minimum Gasteiger partial charge on any atom is -0.326 e. The van der Waals surface area contributed by atoms with E-state index in [9.17, 15) is 9.59 Å². The van der Waals surface area contributed by atoms with Crippen LogP contribution in [0.5, 0.6) is 0 Å². The highest BCUT2D eigenvalue weighted by atomic mass is 32.1. The lowest BCUT2D eigenvalue weighted by molar-refractivity contribution is -0.132. The maximum Gasteiger partial charge on any atom is 0.264 e. The molecule has 7 heteroatoms. The van der Waals surface area contributed by atoms with Gasteiger partial charge in [-0.1, -0.05) is 55.0 Å². The fourth-order valence-corrected chi connectivity index (χ4v) is 5.48. The Hall–Kier alpha value is -2.90. The summed E-state index contributed by atoms with van der Waals surface area (Å²) in [6.45, 7) is 3.18. The number of thiol groups is 1. The second-order valence-electron chi connectivity index (χ2n) is 9.48. The Bertz CT molecular complexity index is 1240. The number of hydrogen-bond donors (Lipinski definition) is 2. The second kappa shape index (κ2) is 10.4. The first-order chi connectivity index (χ1) is 17.0. The average molecular weight is 489 g/mol. The summed E-state index contributed by atoms with van der Waals surface area (Å²) in [7, 11) is 0. The Morgan fingerprint density at radius 2 is 1.80 bits per heavy atom. The molecule has 3 aromatic rings. The molecule has 0 bridgehead atoms. The van der Waals surface area contributed by atoms with Crippen molar-refractivity contribution >= 4 is 18.5 Å². The first kappa shape index (κ1) is 23.8. The molecule has 0 radical (unpaired) electrons. The summed E-state index contributed by atoms with van der Waals surface area (Å²) in [6.07, 6.45) is 4.21. The van der Waals surface area contributed by atoms with Gasteiger partial charge in [-0.15, -0.1) is 12.6 Å². The summed E-state index contributed by atoms with van der Waals surface area (Å²) in [5.41, 5.74) is 3.23. The quantitative estimate of drug-likeness (QED) is 0.479. The number of nitrogens with zero attached hydrogens (tertiary/aromatic N) is 3. The number of nitrogens with one attached hydrogen (secondary N) is 1. The lowest BCUT2D eigenvalue weighted by Crippen LogP contribution is -2.44. The standard InChI is InChI=1S/C28H32N4O2S/c1-19(20-9-4-2-5-10-20)29-17-15-24(33)31-18-16-23-25(28(31)35)27(34)32(22-13-6-3-7-14-22)26(30-23)21-11-8-12-21/h2-7,9-10,13-14,19,21,28-29,35H,8,11-12,15-18H2,1H3/t19-,28?/m1/s1. The molecular formula is C28H32N4O2S. The van der Waals surface area contributed by atoms with Crippen LogP contribution in [0, 0.1) is 0 Å². The molecule has 6 nitrogen and oxygen atoms in total. The summed E-state index contributed by atoms with van der Waals surface area (Å²) in [5.74, 6) is 1.16. The molecule has 1 aromatic heterocycles. The van der Waals surface area contributed by atoms with Crippen LogP contribution in [0.1, 0.15) is 72.6 Å². The van der Waals surface area contributed by atoms with E-state index in [0.29, 0.717) is 37.4 Å². The zero-order valence-electron chi connectivity index (χ0n) is 20.1. The van der Waals surface area contributed by atoms with Gasteiger partial charge in [0.1, 0.15) is 11.2 Å². The lowest BCUT2D eigenvalue weighted by atomic mass is 9.84.